The van der Waals surface area contributed by atoms with Gasteiger partial charge in [0.05, 0.1) is 19.1 Å². The SMILES string of the molecule is COc1ccc([C@@H]2CC(=O)C3=C(C2)N=C(C)C(C#N)[C@H]3c2ccc(OCc3ccccc3)cc2)cc1. The monoisotopic (exact) mass is 476 g/mol. The Labute approximate surface area is 211 Å². The predicted octanol–water partition coefficient (Wildman–Crippen LogP) is 6.37. The Morgan fingerprint density at radius 1 is 0.917 bits per heavy atom. The van der Waals surface area contributed by atoms with E-state index < -0.39 is 5.92 Å². The molecule has 0 amide bonds. The van der Waals surface area contributed by atoms with Crippen LogP contribution in [0.2, 0.25) is 0 Å². The molecule has 3 aromatic carbocycles. The van der Waals surface area contributed by atoms with Crippen LogP contribution in [0.1, 0.15) is 48.3 Å². The Morgan fingerprint density at radius 3 is 2.25 bits per heavy atom. The maximum atomic E-state index is 13.5. The number of ketones is 1. The molecule has 3 atom stereocenters. The van der Waals surface area contributed by atoms with E-state index in [1.165, 1.54) is 0 Å². The second-order valence-electron chi connectivity index (χ2n) is 9.34. The van der Waals surface area contributed by atoms with Gasteiger partial charge in [0.15, 0.2) is 5.78 Å². The van der Waals surface area contributed by atoms with Gasteiger partial charge < -0.3 is 9.47 Å². The number of benzene rings is 3. The molecule has 1 heterocycles. The maximum Gasteiger partial charge on any atom is 0.161 e. The predicted molar refractivity (Wildman–Crippen MR) is 139 cm³/mol. The summed E-state index contributed by atoms with van der Waals surface area (Å²) >= 11 is 0. The number of allylic oxidation sites excluding steroid dienone is 2. The molecule has 0 aromatic heterocycles. The van der Waals surface area contributed by atoms with Crippen LogP contribution in [0.25, 0.3) is 0 Å². The number of Topliss-reactive ketones (excluding diaryl/α,β-unsaturated/α-hetero) is 1. The van der Waals surface area contributed by atoms with E-state index in [9.17, 15) is 10.1 Å². The van der Waals surface area contributed by atoms with Crippen LogP contribution in [-0.2, 0) is 11.4 Å². The van der Waals surface area contributed by atoms with Crippen molar-refractivity contribution < 1.29 is 14.3 Å². The Hall–Kier alpha value is -4.17. The molecule has 0 bridgehead atoms. The van der Waals surface area contributed by atoms with Crippen molar-refractivity contribution in [3.8, 4) is 17.6 Å². The first-order valence-corrected chi connectivity index (χ1v) is 12.2. The smallest absolute Gasteiger partial charge is 0.161 e. The highest BCUT2D eigenvalue weighted by Gasteiger charge is 2.41. The fourth-order valence-electron chi connectivity index (χ4n) is 5.21. The number of nitrogens with zero attached hydrogens (tertiary/aromatic N) is 2. The first-order valence-electron chi connectivity index (χ1n) is 12.2. The van der Waals surface area contributed by atoms with Gasteiger partial charge in [-0.2, -0.15) is 5.26 Å². The fraction of sp³-hybridized carbons (Fsp3) is 0.258. The molecular weight excluding hydrogens is 448 g/mol. The van der Waals surface area contributed by atoms with Crippen LogP contribution in [-0.4, -0.2) is 18.6 Å². The van der Waals surface area contributed by atoms with Gasteiger partial charge in [0, 0.05) is 29.3 Å². The Morgan fingerprint density at radius 2 is 1.58 bits per heavy atom. The first-order chi connectivity index (χ1) is 17.6. The van der Waals surface area contributed by atoms with Crippen LogP contribution < -0.4 is 9.47 Å². The molecule has 5 rings (SSSR count). The van der Waals surface area contributed by atoms with E-state index >= 15 is 0 Å². The molecule has 5 heteroatoms. The van der Waals surface area contributed by atoms with E-state index in [1.807, 2.05) is 85.8 Å². The number of ether oxygens (including phenoxy) is 2. The van der Waals surface area contributed by atoms with Crippen LogP contribution >= 0.6 is 0 Å². The molecule has 0 spiro atoms. The molecule has 1 aliphatic carbocycles. The topological polar surface area (TPSA) is 71.7 Å². The molecule has 2 aliphatic rings. The third kappa shape index (κ3) is 4.67. The largest absolute Gasteiger partial charge is 0.497 e. The summed E-state index contributed by atoms with van der Waals surface area (Å²) in [5.41, 5.74) is 5.39. The first kappa shape index (κ1) is 23.6. The van der Waals surface area contributed by atoms with E-state index in [-0.39, 0.29) is 17.6 Å². The number of hydrogen-bond donors (Lipinski definition) is 0. The lowest BCUT2D eigenvalue weighted by atomic mass is 9.69. The number of carbonyl (C=O) groups is 1. The minimum atomic E-state index is -0.471. The van der Waals surface area contributed by atoms with Gasteiger partial charge in [-0.1, -0.05) is 54.6 Å². The van der Waals surface area contributed by atoms with Gasteiger partial charge in [-0.15, -0.1) is 0 Å². The summed E-state index contributed by atoms with van der Waals surface area (Å²) in [4.78, 5) is 18.3. The molecule has 0 saturated carbocycles. The van der Waals surface area contributed by atoms with E-state index in [0.29, 0.717) is 25.0 Å². The van der Waals surface area contributed by atoms with Crippen LogP contribution in [0.5, 0.6) is 11.5 Å². The summed E-state index contributed by atoms with van der Waals surface area (Å²) in [6.45, 7) is 2.38. The zero-order valence-corrected chi connectivity index (χ0v) is 20.5. The van der Waals surface area contributed by atoms with Gasteiger partial charge in [0.25, 0.3) is 0 Å². The summed E-state index contributed by atoms with van der Waals surface area (Å²) in [5, 5.41) is 10.0. The number of carbonyl (C=O) groups excluding carboxylic acids is 1. The fourth-order valence-corrected chi connectivity index (χ4v) is 5.21. The van der Waals surface area contributed by atoms with Gasteiger partial charge in [-0.25, -0.2) is 0 Å². The van der Waals surface area contributed by atoms with E-state index in [4.69, 9.17) is 14.5 Å². The van der Waals surface area contributed by atoms with Crippen LogP contribution in [0.3, 0.4) is 0 Å². The quantitative estimate of drug-likeness (QED) is 0.414. The lowest BCUT2D eigenvalue weighted by Crippen LogP contribution is -2.32. The zero-order valence-electron chi connectivity index (χ0n) is 20.5. The number of nitriles is 1. The molecule has 1 aliphatic heterocycles. The second kappa shape index (κ2) is 10.2. The van der Waals surface area contributed by atoms with Gasteiger partial charge >= 0.3 is 0 Å². The number of hydrogen-bond acceptors (Lipinski definition) is 5. The summed E-state index contributed by atoms with van der Waals surface area (Å²) in [6.07, 6.45) is 1.09. The van der Waals surface area contributed by atoms with Crippen LogP contribution in [0.15, 0.2) is 95.1 Å². The molecule has 5 nitrogen and oxygen atoms in total. The lowest BCUT2D eigenvalue weighted by Gasteiger charge is -2.35. The normalized spacial score (nSPS) is 21.3. The highest BCUT2D eigenvalue weighted by molar-refractivity contribution is 6.03. The molecule has 180 valence electrons. The average molecular weight is 477 g/mol. The third-order valence-electron chi connectivity index (χ3n) is 7.10. The van der Waals surface area contributed by atoms with Crippen molar-refractivity contribution >= 4 is 11.5 Å². The number of aliphatic imine (C=N–C) groups is 1. The molecular formula is C31H28N2O3. The average Bonchev–Trinajstić information content (AvgIpc) is 2.92. The van der Waals surface area contributed by atoms with Gasteiger partial charge in [0.2, 0.25) is 0 Å². The van der Waals surface area contributed by atoms with Crippen LogP contribution in [0.4, 0.5) is 0 Å². The van der Waals surface area contributed by atoms with Crippen molar-refractivity contribution in [1.29, 1.82) is 5.26 Å². The standard InChI is InChI=1S/C31H28N2O3/c1-20-27(18-32)30(23-10-14-26(15-11-23)36-19-21-6-4-3-5-7-21)31-28(33-20)16-24(17-29(31)34)22-8-12-25(35-2)13-9-22/h3-15,24,27,30H,16-17,19H2,1-2H3/t24-,27?,30+/m0/s1. The van der Waals surface area contributed by atoms with Crippen LogP contribution in [0, 0.1) is 17.2 Å². The third-order valence-corrected chi connectivity index (χ3v) is 7.10. The minimum absolute atomic E-state index is 0.0618. The Balaban J connectivity index is 1.41. The lowest BCUT2D eigenvalue weighted by molar-refractivity contribution is -0.116. The summed E-state index contributed by atoms with van der Waals surface area (Å²) < 4.78 is 11.2. The van der Waals surface area contributed by atoms with Crippen molar-refractivity contribution in [3.05, 3.63) is 107 Å². The zero-order chi connectivity index (χ0) is 25.1. The molecule has 36 heavy (non-hydrogen) atoms. The van der Waals surface area contributed by atoms with Gasteiger partial charge in [-0.3, -0.25) is 9.79 Å². The number of rotatable bonds is 6. The molecule has 0 fully saturated rings. The van der Waals surface area contributed by atoms with Crippen molar-refractivity contribution in [1.82, 2.24) is 0 Å². The Kier molecular flexibility index (Phi) is 6.69. The molecule has 1 unspecified atom stereocenters. The molecule has 0 saturated heterocycles. The van der Waals surface area contributed by atoms with E-state index in [1.54, 1.807) is 7.11 Å². The highest BCUT2D eigenvalue weighted by Crippen LogP contribution is 2.46. The Bertz CT molecular complexity index is 1350. The van der Waals surface area contributed by atoms with E-state index in [0.717, 1.165) is 39.6 Å². The van der Waals surface area contributed by atoms with Crippen molar-refractivity contribution in [2.75, 3.05) is 7.11 Å². The molecule has 0 N–H and O–H groups in total. The second-order valence-corrected chi connectivity index (χ2v) is 9.34. The summed E-state index contributed by atoms with van der Waals surface area (Å²) in [7, 11) is 1.64. The minimum Gasteiger partial charge on any atom is -0.497 e. The van der Waals surface area contributed by atoms with E-state index in [2.05, 4.69) is 6.07 Å². The van der Waals surface area contributed by atoms with Crippen molar-refractivity contribution in [3.63, 3.8) is 0 Å². The number of methoxy groups -OCH3 is 1. The van der Waals surface area contributed by atoms with Crippen molar-refractivity contribution in [2.45, 2.75) is 38.2 Å². The molecule has 3 aromatic rings. The maximum absolute atomic E-state index is 13.5. The van der Waals surface area contributed by atoms with Gasteiger partial charge in [-0.05, 0) is 60.2 Å². The highest BCUT2D eigenvalue weighted by atomic mass is 16.5. The summed E-state index contributed by atoms with van der Waals surface area (Å²) in [5.74, 6) is 0.882. The van der Waals surface area contributed by atoms with Crippen molar-refractivity contribution in [2.24, 2.45) is 10.9 Å². The molecule has 0 radical (unpaired) electrons. The summed E-state index contributed by atoms with van der Waals surface area (Å²) in [6, 6.07) is 28.1. The van der Waals surface area contributed by atoms with Gasteiger partial charge in [0.1, 0.15) is 18.1 Å².